The van der Waals surface area contributed by atoms with E-state index in [9.17, 15) is 30.0 Å². The monoisotopic (exact) mass is 704 g/mol. The first kappa shape index (κ1) is 34.3. The molecule has 6 rings (SSSR count). The van der Waals surface area contributed by atoms with Gasteiger partial charge in [-0.15, -0.1) is 0 Å². The number of rotatable bonds is 8. The summed E-state index contributed by atoms with van der Waals surface area (Å²) in [5.41, 5.74) is 4.13. The summed E-state index contributed by atoms with van der Waals surface area (Å²) in [6.45, 7) is 8.17. The second-order valence-corrected chi connectivity index (χ2v) is 15.8. The first-order valence-corrected chi connectivity index (χ1v) is 18.4. The van der Waals surface area contributed by atoms with Gasteiger partial charge in [0.05, 0.1) is 15.7 Å². The SMILES string of the molecule is Cc1cccc(C)c1Cc1ccc2c(-c3ccccc3S(=O)(=O)NS(=O)(=O)C(F)(F)F)c3ccc(Cc4c(C)cccc4C)cc3[o+]c2c1. The molecule has 6 nitrogen and oxygen atoms in total. The minimum atomic E-state index is -6.23. The standard InChI is InChI=1S/C38H33F3NO5S2/c1-23-9-7-10-24(2)32(23)19-27-15-17-29-34(21-27)47-35-22-28(20-33-25(3)11-8-12-26(33)4)16-18-30(35)37(29)31-13-5-6-14-36(31)48(43,44)42-49(45,46)38(39,40)41/h5-18,21-22,42H,19-20H2,1-4H3/q+1. The lowest BCUT2D eigenvalue weighted by atomic mass is 9.92. The number of benzene rings is 5. The second kappa shape index (κ2) is 12.7. The molecule has 0 radical (unpaired) electrons. The molecule has 0 aliphatic carbocycles. The molecule has 0 atom stereocenters. The van der Waals surface area contributed by atoms with Gasteiger partial charge in [0.2, 0.25) is 0 Å². The van der Waals surface area contributed by atoms with Gasteiger partial charge in [0.15, 0.2) is 0 Å². The van der Waals surface area contributed by atoms with Crippen molar-refractivity contribution in [2.45, 2.75) is 50.9 Å². The predicted octanol–water partition coefficient (Wildman–Crippen LogP) is 9.08. The molecule has 6 aromatic rings. The predicted molar refractivity (Wildman–Crippen MR) is 186 cm³/mol. The molecular weight excluding hydrogens is 672 g/mol. The van der Waals surface area contributed by atoms with Gasteiger partial charge in [-0.3, -0.25) is 0 Å². The van der Waals surface area contributed by atoms with Gasteiger partial charge in [-0.2, -0.15) is 13.2 Å². The zero-order valence-electron chi connectivity index (χ0n) is 27.1. The summed E-state index contributed by atoms with van der Waals surface area (Å²) in [7, 11) is -11.5. The lowest BCUT2D eigenvalue weighted by Gasteiger charge is -2.15. The molecular formula is C38H33F3NO5S2+. The van der Waals surface area contributed by atoms with Gasteiger partial charge in [0, 0.05) is 23.3 Å². The fraction of sp³-hybridized carbons (Fsp3) is 0.184. The highest BCUT2D eigenvalue weighted by Crippen LogP contribution is 2.41. The molecule has 1 aromatic heterocycles. The Bertz CT molecular complexity index is 2340. The smallest absolute Gasteiger partial charge is 0.207 e. The number of hydrogen-bond donors (Lipinski definition) is 1. The highest BCUT2D eigenvalue weighted by molar-refractivity contribution is 8.05. The van der Waals surface area contributed by atoms with Crippen molar-refractivity contribution < 1.29 is 34.4 Å². The number of halogens is 3. The Morgan fingerprint density at radius 3 is 1.51 bits per heavy atom. The molecule has 0 saturated carbocycles. The summed E-state index contributed by atoms with van der Waals surface area (Å²) in [4.78, 5) is -0.629. The molecule has 1 heterocycles. The molecule has 0 aliphatic heterocycles. The summed E-state index contributed by atoms with van der Waals surface area (Å²) < 4.78 is 97.9. The van der Waals surface area contributed by atoms with Gasteiger partial charge >= 0.3 is 26.7 Å². The molecule has 0 saturated heterocycles. The quantitative estimate of drug-likeness (QED) is 0.126. The van der Waals surface area contributed by atoms with E-state index < -0.39 is 30.5 Å². The Kier molecular flexibility index (Phi) is 8.89. The lowest BCUT2D eigenvalue weighted by molar-refractivity contribution is -0.0441. The largest absolute Gasteiger partial charge is 0.512 e. The van der Waals surface area contributed by atoms with Crippen LogP contribution in [0.15, 0.2) is 106 Å². The molecule has 0 unspecified atom stereocenters. The zero-order valence-corrected chi connectivity index (χ0v) is 28.8. The third-order valence-corrected chi connectivity index (χ3v) is 12.2. The molecule has 0 spiro atoms. The fourth-order valence-corrected chi connectivity index (χ4v) is 8.91. The molecule has 0 aliphatic rings. The van der Waals surface area contributed by atoms with Gasteiger partial charge in [0.1, 0.15) is 0 Å². The summed E-state index contributed by atoms with van der Waals surface area (Å²) >= 11 is 0. The van der Waals surface area contributed by atoms with Crippen LogP contribution in [0, 0.1) is 27.7 Å². The summed E-state index contributed by atoms with van der Waals surface area (Å²) in [5.74, 6) is 0. The van der Waals surface area contributed by atoms with E-state index in [0.29, 0.717) is 40.3 Å². The van der Waals surface area contributed by atoms with E-state index in [-0.39, 0.29) is 5.56 Å². The van der Waals surface area contributed by atoms with Crippen LogP contribution < -0.4 is 4.13 Å². The lowest BCUT2D eigenvalue weighted by Crippen LogP contribution is -2.40. The fourth-order valence-electron chi connectivity index (χ4n) is 6.30. The Morgan fingerprint density at radius 1 is 0.612 bits per heavy atom. The molecule has 5 aromatic carbocycles. The van der Waals surface area contributed by atoms with Crippen LogP contribution in [0.4, 0.5) is 13.2 Å². The van der Waals surface area contributed by atoms with Gasteiger partial charge in [0.25, 0.3) is 10.0 Å². The maximum absolute atomic E-state index is 13.4. The average molecular weight is 705 g/mol. The average Bonchev–Trinajstić information content (AvgIpc) is 3.02. The van der Waals surface area contributed by atoms with E-state index >= 15 is 0 Å². The van der Waals surface area contributed by atoms with Crippen molar-refractivity contribution >= 4 is 42.0 Å². The van der Waals surface area contributed by atoms with E-state index in [1.165, 1.54) is 12.1 Å². The molecule has 0 amide bonds. The minimum absolute atomic E-state index is 0.0168. The van der Waals surface area contributed by atoms with Gasteiger partial charge in [-0.05, 0) is 103 Å². The zero-order chi connectivity index (χ0) is 35.3. The van der Waals surface area contributed by atoms with Gasteiger partial charge < -0.3 is 0 Å². The molecule has 0 bridgehead atoms. The normalized spacial score (nSPS) is 12.6. The van der Waals surface area contributed by atoms with Crippen molar-refractivity contribution in [1.82, 2.24) is 4.13 Å². The molecule has 0 fully saturated rings. The Hall–Kier alpha value is -4.58. The van der Waals surface area contributed by atoms with Crippen LogP contribution in [0.25, 0.3) is 33.1 Å². The van der Waals surface area contributed by atoms with Crippen LogP contribution in [0.1, 0.15) is 44.5 Å². The van der Waals surface area contributed by atoms with Crippen LogP contribution >= 0.6 is 0 Å². The van der Waals surface area contributed by atoms with Gasteiger partial charge in [-0.25, -0.2) is 21.3 Å². The summed E-state index contributed by atoms with van der Waals surface area (Å²) in [6, 6.07) is 28.7. The van der Waals surface area contributed by atoms with Crippen LogP contribution in [-0.2, 0) is 32.9 Å². The Balaban J connectivity index is 1.59. The minimum Gasteiger partial charge on any atom is -0.207 e. The topological polar surface area (TPSA) is 91.6 Å². The van der Waals surface area contributed by atoms with Crippen LogP contribution in [-0.4, -0.2) is 22.3 Å². The van der Waals surface area contributed by atoms with Crippen molar-refractivity contribution in [2.75, 3.05) is 0 Å². The molecule has 1 N–H and O–H groups in total. The van der Waals surface area contributed by atoms with Crippen molar-refractivity contribution in [1.29, 1.82) is 0 Å². The first-order chi connectivity index (χ1) is 23.1. The second-order valence-electron chi connectivity index (χ2n) is 12.3. The molecule has 49 heavy (non-hydrogen) atoms. The van der Waals surface area contributed by atoms with Crippen molar-refractivity contribution in [3.63, 3.8) is 0 Å². The summed E-state index contributed by atoms with van der Waals surface area (Å²) in [5, 5.41) is 1.00. The van der Waals surface area contributed by atoms with E-state index in [1.54, 1.807) is 18.2 Å². The van der Waals surface area contributed by atoms with Crippen molar-refractivity contribution in [3.8, 4) is 11.1 Å². The molecule has 11 heteroatoms. The van der Waals surface area contributed by atoms with E-state index in [1.807, 2.05) is 88.4 Å². The maximum atomic E-state index is 13.4. The van der Waals surface area contributed by atoms with Gasteiger partial charge in [-0.1, -0.05) is 70.9 Å². The third kappa shape index (κ3) is 6.70. The molecule has 252 valence electrons. The van der Waals surface area contributed by atoms with Crippen LogP contribution in [0.3, 0.4) is 0 Å². The highest BCUT2D eigenvalue weighted by Gasteiger charge is 2.48. The number of aryl methyl sites for hydroxylation is 4. The van der Waals surface area contributed by atoms with Crippen LogP contribution in [0.5, 0.6) is 0 Å². The number of nitrogens with one attached hydrogen (secondary N) is 1. The maximum Gasteiger partial charge on any atom is 0.512 e. The van der Waals surface area contributed by atoms with Crippen molar-refractivity contribution in [2.24, 2.45) is 0 Å². The van der Waals surface area contributed by atoms with E-state index in [2.05, 4.69) is 0 Å². The third-order valence-electron chi connectivity index (χ3n) is 8.87. The number of sulfonamides is 2. The van der Waals surface area contributed by atoms with Crippen LogP contribution in [0.2, 0.25) is 0 Å². The number of alkyl halides is 3. The highest BCUT2D eigenvalue weighted by atomic mass is 32.3. The van der Waals surface area contributed by atoms with E-state index in [0.717, 1.165) is 54.7 Å². The first-order valence-electron chi connectivity index (χ1n) is 15.4. The number of fused-ring (bicyclic) bond motifs is 2. The Morgan fingerprint density at radius 2 is 1.06 bits per heavy atom. The number of hydrogen-bond acceptors (Lipinski definition) is 4. The Labute approximate surface area is 283 Å². The van der Waals surface area contributed by atoms with E-state index in [4.69, 9.17) is 4.42 Å². The van der Waals surface area contributed by atoms with Crippen molar-refractivity contribution in [3.05, 3.63) is 142 Å². The summed E-state index contributed by atoms with van der Waals surface area (Å²) in [6.07, 6.45) is 1.21.